The molecular formula is C23H33N5O5S. The van der Waals surface area contributed by atoms with Crippen LogP contribution >= 0.6 is 11.8 Å². The van der Waals surface area contributed by atoms with E-state index in [4.69, 9.17) is 14.2 Å². The SMILES string of the molecule is CCNC(=O)NC(=O)C(C)Sc1nnc(-c2cc(OC)c(OC)c(OC)c2)n1C1CCCCC1. The average Bonchev–Trinajstić information content (AvgIpc) is 3.26. The minimum Gasteiger partial charge on any atom is -0.493 e. The quantitative estimate of drug-likeness (QED) is 0.509. The summed E-state index contributed by atoms with van der Waals surface area (Å²) in [6, 6.07) is 3.40. The van der Waals surface area contributed by atoms with Gasteiger partial charge in [0, 0.05) is 18.2 Å². The maximum Gasteiger partial charge on any atom is 0.321 e. The second-order valence-corrected chi connectivity index (χ2v) is 9.30. The molecule has 3 rings (SSSR count). The van der Waals surface area contributed by atoms with E-state index in [0.29, 0.717) is 34.8 Å². The number of hydrogen-bond donors (Lipinski definition) is 2. The van der Waals surface area contributed by atoms with E-state index in [1.807, 2.05) is 12.1 Å². The van der Waals surface area contributed by atoms with Crippen molar-refractivity contribution in [2.75, 3.05) is 27.9 Å². The number of benzene rings is 1. The van der Waals surface area contributed by atoms with Crippen molar-refractivity contribution >= 4 is 23.7 Å². The van der Waals surface area contributed by atoms with E-state index in [9.17, 15) is 9.59 Å². The number of urea groups is 1. The van der Waals surface area contributed by atoms with Gasteiger partial charge in [-0.25, -0.2) is 4.79 Å². The first-order valence-electron chi connectivity index (χ1n) is 11.4. The lowest BCUT2D eigenvalue weighted by molar-refractivity contribution is -0.119. The summed E-state index contributed by atoms with van der Waals surface area (Å²) < 4.78 is 18.6. The summed E-state index contributed by atoms with van der Waals surface area (Å²) in [6.07, 6.45) is 5.45. The van der Waals surface area contributed by atoms with Crippen LogP contribution in [0, 0.1) is 0 Å². The van der Waals surface area contributed by atoms with E-state index in [0.717, 1.165) is 31.2 Å². The normalized spacial score (nSPS) is 14.9. The van der Waals surface area contributed by atoms with Crippen molar-refractivity contribution < 1.29 is 23.8 Å². The van der Waals surface area contributed by atoms with Crippen molar-refractivity contribution in [3.05, 3.63) is 12.1 Å². The minimum absolute atomic E-state index is 0.207. The van der Waals surface area contributed by atoms with E-state index >= 15 is 0 Å². The van der Waals surface area contributed by atoms with Gasteiger partial charge >= 0.3 is 6.03 Å². The van der Waals surface area contributed by atoms with Gasteiger partial charge in [0.25, 0.3) is 0 Å². The molecule has 1 heterocycles. The highest BCUT2D eigenvalue weighted by molar-refractivity contribution is 8.00. The standard InChI is InChI=1S/C23H33N5O5S/c1-6-24-22(30)25-21(29)14(2)34-23-27-26-20(28(23)16-10-8-7-9-11-16)15-12-17(31-3)19(33-5)18(13-15)32-4/h12-14,16H,6-11H2,1-5H3,(H2,24,25,29,30). The minimum atomic E-state index is -0.540. The van der Waals surface area contributed by atoms with E-state index in [1.165, 1.54) is 18.2 Å². The van der Waals surface area contributed by atoms with E-state index in [2.05, 4.69) is 25.4 Å². The third-order valence-electron chi connectivity index (χ3n) is 5.75. The first kappa shape index (κ1) is 25.7. The molecule has 10 nitrogen and oxygen atoms in total. The maximum absolute atomic E-state index is 12.5. The molecule has 1 aromatic heterocycles. The van der Waals surface area contributed by atoms with Crippen LogP contribution in [0.1, 0.15) is 52.0 Å². The van der Waals surface area contributed by atoms with Crippen molar-refractivity contribution in [1.82, 2.24) is 25.4 Å². The molecule has 1 atom stereocenters. The predicted octanol–water partition coefficient (Wildman–Crippen LogP) is 3.80. The van der Waals surface area contributed by atoms with E-state index in [-0.39, 0.29) is 11.9 Å². The molecule has 11 heteroatoms. The summed E-state index contributed by atoms with van der Waals surface area (Å²) in [5, 5.41) is 14.0. The van der Waals surface area contributed by atoms with Crippen molar-refractivity contribution in [2.24, 2.45) is 0 Å². The molecule has 1 unspecified atom stereocenters. The average molecular weight is 492 g/mol. The largest absolute Gasteiger partial charge is 0.493 e. The molecule has 0 bridgehead atoms. The molecule has 1 aliphatic carbocycles. The zero-order valence-electron chi connectivity index (χ0n) is 20.3. The molecule has 34 heavy (non-hydrogen) atoms. The first-order valence-corrected chi connectivity index (χ1v) is 12.3. The Balaban J connectivity index is 1.98. The summed E-state index contributed by atoms with van der Waals surface area (Å²) in [6.45, 7) is 3.98. The van der Waals surface area contributed by atoms with Crippen molar-refractivity contribution in [1.29, 1.82) is 0 Å². The molecule has 2 aromatic rings. The van der Waals surface area contributed by atoms with Crippen LogP contribution in [0.5, 0.6) is 17.2 Å². The van der Waals surface area contributed by atoms with Crippen LogP contribution in [0.4, 0.5) is 4.79 Å². The van der Waals surface area contributed by atoms with E-state index in [1.54, 1.807) is 35.2 Å². The molecule has 1 fully saturated rings. The highest BCUT2D eigenvalue weighted by atomic mass is 32.2. The topological polar surface area (TPSA) is 117 Å². The van der Waals surface area contributed by atoms with Crippen molar-refractivity contribution in [3.8, 4) is 28.6 Å². The molecule has 186 valence electrons. The molecule has 0 aliphatic heterocycles. The number of amides is 3. The van der Waals surface area contributed by atoms with Crippen LogP contribution in [-0.2, 0) is 4.79 Å². The number of carbonyl (C=O) groups excluding carboxylic acids is 2. The van der Waals surface area contributed by atoms with Gasteiger partial charge in [0.2, 0.25) is 11.7 Å². The summed E-state index contributed by atoms with van der Waals surface area (Å²) in [4.78, 5) is 24.3. The Hall–Kier alpha value is -2.95. The lowest BCUT2D eigenvalue weighted by Gasteiger charge is -2.26. The number of hydrogen-bond acceptors (Lipinski definition) is 8. The van der Waals surface area contributed by atoms with Gasteiger partial charge in [0.15, 0.2) is 22.5 Å². The van der Waals surface area contributed by atoms with Crippen LogP contribution < -0.4 is 24.8 Å². The van der Waals surface area contributed by atoms with Crippen LogP contribution in [0.25, 0.3) is 11.4 Å². The Morgan fingerprint density at radius 2 is 1.74 bits per heavy atom. The highest BCUT2D eigenvalue weighted by Crippen LogP contribution is 2.43. The second kappa shape index (κ2) is 12.0. The number of aromatic nitrogens is 3. The fraction of sp³-hybridized carbons (Fsp3) is 0.565. The number of nitrogens with zero attached hydrogens (tertiary/aromatic N) is 3. The molecule has 1 aliphatic rings. The molecule has 1 aromatic carbocycles. The number of thioether (sulfide) groups is 1. The number of nitrogens with one attached hydrogen (secondary N) is 2. The Labute approximate surface area is 204 Å². The third kappa shape index (κ3) is 5.75. The molecule has 3 amide bonds. The number of carbonyl (C=O) groups is 2. The van der Waals surface area contributed by atoms with E-state index < -0.39 is 11.3 Å². The van der Waals surface area contributed by atoms with Gasteiger partial charge in [-0.05, 0) is 38.8 Å². The lowest BCUT2D eigenvalue weighted by atomic mass is 9.95. The summed E-state index contributed by atoms with van der Waals surface area (Å²) in [5.41, 5.74) is 0.777. The van der Waals surface area contributed by atoms with Crippen molar-refractivity contribution in [2.45, 2.75) is 62.4 Å². The monoisotopic (exact) mass is 491 g/mol. The predicted molar refractivity (Wildman–Crippen MR) is 130 cm³/mol. The molecule has 0 radical (unpaired) electrons. The fourth-order valence-corrected chi connectivity index (χ4v) is 4.98. The summed E-state index contributed by atoms with van der Waals surface area (Å²) in [5.74, 6) is 1.84. The Morgan fingerprint density at radius 3 is 2.29 bits per heavy atom. The molecule has 2 N–H and O–H groups in total. The summed E-state index contributed by atoms with van der Waals surface area (Å²) >= 11 is 1.29. The molecule has 0 saturated heterocycles. The van der Waals surface area contributed by atoms with Crippen LogP contribution in [0.3, 0.4) is 0 Å². The van der Waals surface area contributed by atoms with Gasteiger partial charge < -0.3 is 19.5 Å². The smallest absolute Gasteiger partial charge is 0.321 e. The second-order valence-electron chi connectivity index (χ2n) is 7.99. The number of imide groups is 1. The Morgan fingerprint density at radius 1 is 1.09 bits per heavy atom. The van der Waals surface area contributed by atoms with Crippen LogP contribution in [0.2, 0.25) is 0 Å². The van der Waals surface area contributed by atoms with Crippen molar-refractivity contribution in [3.63, 3.8) is 0 Å². The molecular weight excluding hydrogens is 458 g/mol. The van der Waals surface area contributed by atoms with Gasteiger partial charge in [-0.1, -0.05) is 31.0 Å². The highest BCUT2D eigenvalue weighted by Gasteiger charge is 2.28. The number of rotatable bonds is 9. The molecule has 0 spiro atoms. The fourth-order valence-electron chi connectivity index (χ4n) is 4.06. The van der Waals surface area contributed by atoms with Gasteiger partial charge in [0.05, 0.1) is 26.6 Å². The first-order chi connectivity index (χ1) is 16.4. The van der Waals surface area contributed by atoms with Gasteiger partial charge in [-0.2, -0.15) is 0 Å². The number of ether oxygens (including phenoxy) is 3. The van der Waals surface area contributed by atoms with Crippen LogP contribution in [0.15, 0.2) is 17.3 Å². The Kier molecular flexibility index (Phi) is 9.03. The number of methoxy groups -OCH3 is 3. The maximum atomic E-state index is 12.5. The molecule has 1 saturated carbocycles. The van der Waals surface area contributed by atoms with Gasteiger partial charge in [0.1, 0.15) is 0 Å². The zero-order chi connectivity index (χ0) is 24.7. The van der Waals surface area contributed by atoms with Gasteiger partial charge in [-0.15, -0.1) is 10.2 Å². The third-order valence-corrected chi connectivity index (χ3v) is 6.81. The lowest BCUT2D eigenvalue weighted by Crippen LogP contribution is -2.42. The Bertz CT molecular complexity index is 981. The van der Waals surface area contributed by atoms with Gasteiger partial charge in [-0.3, -0.25) is 14.7 Å². The zero-order valence-corrected chi connectivity index (χ0v) is 21.2. The van der Waals surface area contributed by atoms with Crippen LogP contribution in [-0.4, -0.2) is 59.8 Å². The summed E-state index contributed by atoms with van der Waals surface area (Å²) in [7, 11) is 4.71.